The number of aryl methyl sites for hydroxylation is 1. The number of benzene rings is 1. The van der Waals surface area contributed by atoms with Crippen molar-refractivity contribution in [3.05, 3.63) is 73.4 Å². The largest absolute Gasteiger partial charge is 0.379 e. The van der Waals surface area contributed by atoms with Crippen molar-refractivity contribution >= 4 is 11.3 Å². The number of rotatable bonds is 6. The zero-order valence-corrected chi connectivity index (χ0v) is 18.4. The van der Waals surface area contributed by atoms with Gasteiger partial charge in [0, 0.05) is 56.3 Å². The summed E-state index contributed by atoms with van der Waals surface area (Å²) in [5.74, 6) is 2.04. The summed E-state index contributed by atoms with van der Waals surface area (Å²) in [6, 6.07) is 14.6. The van der Waals surface area contributed by atoms with Gasteiger partial charge in [-0.1, -0.05) is 30.3 Å². The second kappa shape index (κ2) is 7.83. The molecule has 1 aromatic carbocycles. The molecule has 0 amide bonds. The van der Waals surface area contributed by atoms with Crippen LogP contribution < -0.4 is 5.32 Å². The van der Waals surface area contributed by atoms with E-state index in [1.54, 1.807) is 13.3 Å². The smallest absolute Gasteiger partial charge is 0.218 e. The average molecular weight is 438 g/mol. The summed E-state index contributed by atoms with van der Waals surface area (Å²) >= 11 is 0. The van der Waals surface area contributed by atoms with Gasteiger partial charge in [-0.2, -0.15) is 0 Å². The molecule has 1 saturated carbocycles. The van der Waals surface area contributed by atoms with Crippen LogP contribution in [0.1, 0.15) is 6.42 Å². The highest BCUT2D eigenvalue weighted by molar-refractivity contribution is 5.99. The van der Waals surface area contributed by atoms with Crippen molar-refractivity contribution in [1.82, 2.24) is 29.1 Å². The Labute approximate surface area is 190 Å². The van der Waals surface area contributed by atoms with Gasteiger partial charge in [-0.25, -0.2) is 14.5 Å². The van der Waals surface area contributed by atoms with E-state index in [4.69, 9.17) is 14.8 Å². The number of hydrogen-bond acceptors (Lipinski definition) is 6. The first-order valence-electron chi connectivity index (χ1n) is 10.9. The summed E-state index contributed by atoms with van der Waals surface area (Å²) in [5.41, 5.74) is 5.23. The molecule has 4 heterocycles. The Bertz CT molecular complexity index is 1430. The number of hydrogen-bond donors (Lipinski definition) is 1. The lowest BCUT2D eigenvalue weighted by atomic mass is 9.98. The Morgan fingerprint density at radius 1 is 1.03 bits per heavy atom. The van der Waals surface area contributed by atoms with Crippen LogP contribution in [0.15, 0.2) is 73.4 Å². The van der Waals surface area contributed by atoms with Crippen molar-refractivity contribution in [2.45, 2.75) is 18.6 Å². The fourth-order valence-corrected chi connectivity index (χ4v) is 4.27. The van der Waals surface area contributed by atoms with Gasteiger partial charge in [0.15, 0.2) is 11.6 Å². The van der Waals surface area contributed by atoms with Crippen molar-refractivity contribution in [3.63, 3.8) is 0 Å². The highest BCUT2D eigenvalue weighted by Crippen LogP contribution is 2.41. The highest BCUT2D eigenvalue weighted by atomic mass is 16.5. The van der Waals surface area contributed by atoms with E-state index in [1.807, 2.05) is 65.1 Å². The molecule has 0 saturated heterocycles. The second-order valence-electron chi connectivity index (χ2n) is 8.22. The molecule has 0 radical (unpaired) electrons. The van der Waals surface area contributed by atoms with Crippen molar-refractivity contribution in [1.29, 1.82) is 0 Å². The molecule has 6 rings (SSSR count). The molecular weight excluding hydrogens is 414 g/mol. The van der Waals surface area contributed by atoms with Crippen LogP contribution in [0.25, 0.3) is 39.4 Å². The molecule has 1 N–H and O–H groups in total. The Morgan fingerprint density at radius 2 is 1.85 bits per heavy atom. The molecule has 164 valence electrons. The summed E-state index contributed by atoms with van der Waals surface area (Å²) in [6.07, 6.45) is 10.5. The molecule has 4 aromatic heterocycles. The summed E-state index contributed by atoms with van der Waals surface area (Å²) in [6.45, 7) is 0. The predicted octanol–water partition coefficient (Wildman–Crippen LogP) is 4.06. The summed E-state index contributed by atoms with van der Waals surface area (Å²) in [5, 5.41) is 8.48. The first-order chi connectivity index (χ1) is 16.2. The molecule has 2 atom stereocenters. The minimum absolute atomic E-state index is 0.187. The van der Waals surface area contributed by atoms with E-state index >= 15 is 0 Å². The third-order valence-electron chi connectivity index (χ3n) is 6.06. The van der Waals surface area contributed by atoms with Gasteiger partial charge in [0.1, 0.15) is 5.52 Å². The first-order valence-corrected chi connectivity index (χ1v) is 10.9. The van der Waals surface area contributed by atoms with E-state index < -0.39 is 0 Å². The normalized spacial score (nSPS) is 17.4. The van der Waals surface area contributed by atoms with E-state index in [9.17, 15) is 0 Å². The van der Waals surface area contributed by atoms with E-state index in [-0.39, 0.29) is 12.1 Å². The van der Waals surface area contributed by atoms with Crippen LogP contribution in [0.2, 0.25) is 0 Å². The van der Waals surface area contributed by atoms with Crippen LogP contribution in [-0.2, 0) is 11.8 Å². The van der Waals surface area contributed by atoms with Crippen molar-refractivity contribution in [2.75, 3.05) is 12.4 Å². The van der Waals surface area contributed by atoms with E-state index in [0.717, 1.165) is 40.0 Å². The van der Waals surface area contributed by atoms with E-state index in [1.165, 1.54) is 0 Å². The number of imidazole rings is 1. The lowest BCUT2D eigenvalue weighted by Crippen LogP contribution is -2.13. The van der Waals surface area contributed by atoms with Crippen molar-refractivity contribution in [3.8, 4) is 33.9 Å². The summed E-state index contributed by atoms with van der Waals surface area (Å²) in [7, 11) is 3.69. The zero-order valence-electron chi connectivity index (χ0n) is 18.4. The number of ether oxygens (including phenoxy) is 1. The Kier molecular flexibility index (Phi) is 4.66. The highest BCUT2D eigenvalue weighted by Gasteiger charge is 2.38. The Morgan fingerprint density at radius 3 is 2.55 bits per heavy atom. The minimum Gasteiger partial charge on any atom is -0.379 e. The quantitative estimate of drug-likeness (QED) is 0.431. The van der Waals surface area contributed by atoms with Gasteiger partial charge in [0.2, 0.25) is 5.82 Å². The van der Waals surface area contributed by atoms with Crippen LogP contribution >= 0.6 is 0 Å². The number of nitrogens with one attached hydrogen (secondary N) is 1. The van der Waals surface area contributed by atoms with Gasteiger partial charge >= 0.3 is 0 Å². The van der Waals surface area contributed by atoms with Gasteiger partial charge in [-0.15, -0.1) is 5.10 Å². The standard InChI is InChI=1S/C25H23N7O/c1-31-13-12-27-25(31)24-29-23(28-19-14-20(19)33-2)22-21(17-6-4-3-5-7-17)18(15-32(22)30-24)16-8-10-26-11-9-16/h3-13,15,19-20H,14H2,1-2H3,(H,28,29,30)/t19-,20-/m1/s1. The fourth-order valence-electron chi connectivity index (χ4n) is 4.27. The molecule has 5 aromatic rings. The first kappa shape index (κ1) is 19.6. The van der Waals surface area contributed by atoms with Crippen LogP contribution in [0, 0.1) is 0 Å². The predicted molar refractivity (Wildman–Crippen MR) is 127 cm³/mol. The number of nitrogens with zero attached hydrogens (tertiary/aromatic N) is 6. The van der Waals surface area contributed by atoms with Gasteiger partial charge < -0.3 is 14.6 Å². The Hall–Kier alpha value is -4.04. The number of aromatic nitrogens is 6. The summed E-state index contributed by atoms with van der Waals surface area (Å²) in [4.78, 5) is 13.6. The van der Waals surface area contributed by atoms with Crippen LogP contribution in [0.4, 0.5) is 5.82 Å². The molecule has 8 nitrogen and oxygen atoms in total. The number of fused-ring (bicyclic) bond motifs is 1. The molecule has 0 unspecified atom stereocenters. The van der Waals surface area contributed by atoms with Crippen molar-refractivity contribution < 1.29 is 4.74 Å². The molecule has 0 spiro atoms. The second-order valence-corrected chi connectivity index (χ2v) is 8.22. The van der Waals surface area contributed by atoms with Crippen molar-refractivity contribution in [2.24, 2.45) is 7.05 Å². The van der Waals surface area contributed by atoms with Crippen LogP contribution in [-0.4, -0.2) is 48.4 Å². The van der Waals surface area contributed by atoms with Gasteiger partial charge in [-0.3, -0.25) is 4.98 Å². The monoisotopic (exact) mass is 437 g/mol. The molecule has 8 heteroatoms. The topological polar surface area (TPSA) is 82.2 Å². The lowest BCUT2D eigenvalue weighted by molar-refractivity contribution is 0.180. The van der Waals surface area contributed by atoms with Crippen LogP contribution in [0.3, 0.4) is 0 Å². The lowest BCUT2D eigenvalue weighted by Gasteiger charge is -2.12. The molecule has 1 aliphatic carbocycles. The SMILES string of the molecule is CO[C@@H]1C[C@H]1Nc1nc(-c2nccn2C)nn2cc(-c3ccncc3)c(-c3ccccc3)c12. The number of anilines is 1. The maximum atomic E-state index is 5.53. The molecular formula is C25H23N7O. The van der Waals surface area contributed by atoms with E-state index in [2.05, 4.69) is 33.6 Å². The number of pyridine rings is 1. The maximum absolute atomic E-state index is 5.53. The fraction of sp³-hybridized carbons (Fsp3) is 0.200. The average Bonchev–Trinajstić information content (AvgIpc) is 3.27. The van der Waals surface area contributed by atoms with E-state index in [0.29, 0.717) is 11.6 Å². The summed E-state index contributed by atoms with van der Waals surface area (Å²) < 4.78 is 9.37. The third kappa shape index (κ3) is 3.44. The van der Waals surface area contributed by atoms with Gasteiger partial charge in [0.05, 0.1) is 12.1 Å². The maximum Gasteiger partial charge on any atom is 0.218 e. The van der Waals surface area contributed by atoms with Crippen LogP contribution in [0.5, 0.6) is 0 Å². The van der Waals surface area contributed by atoms with Gasteiger partial charge in [0.25, 0.3) is 0 Å². The molecule has 33 heavy (non-hydrogen) atoms. The molecule has 1 fully saturated rings. The van der Waals surface area contributed by atoms with Gasteiger partial charge in [-0.05, 0) is 29.7 Å². The zero-order chi connectivity index (χ0) is 22.4. The number of methoxy groups -OCH3 is 1. The molecule has 1 aliphatic rings. The third-order valence-corrected chi connectivity index (χ3v) is 6.06. The Balaban J connectivity index is 1.64. The molecule has 0 bridgehead atoms. The minimum atomic E-state index is 0.187. The molecule has 0 aliphatic heterocycles.